The minimum absolute atomic E-state index is 0.234. The molecule has 0 bridgehead atoms. The van der Waals surface area contributed by atoms with E-state index in [1.165, 1.54) is 12.8 Å². The Morgan fingerprint density at radius 1 is 1.50 bits per heavy atom. The Morgan fingerprint density at radius 2 is 2.25 bits per heavy atom. The highest BCUT2D eigenvalue weighted by Crippen LogP contribution is 2.51. The van der Waals surface area contributed by atoms with E-state index >= 15 is 0 Å². The molecule has 1 unspecified atom stereocenters. The number of rotatable bonds is 2. The summed E-state index contributed by atoms with van der Waals surface area (Å²) >= 11 is 4.48. The molecule has 0 aliphatic heterocycles. The van der Waals surface area contributed by atoms with Gasteiger partial charge < -0.3 is 0 Å². The average molecular weight is 180 g/mol. The van der Waals surface area contributed by atoms with Crippen molar-refractivity contribution in [1.29, 1.82) is 0 Å². The van der Waals surface area contributed by atoms with E-state index in [-0.39, 0.29) is 5.41 Å². The monoisotopic (exact) mass is 180 g/mol. The second-order valence-electron chi connectivity index (χ2n) is 3.42. The molecule has 1 atom stereocenters. The lowest BCUT2D eigenvalue weighted by atomic mass is 9.99. The molecule has 0 radical (unpaired) electrons. The fraction of sp³-hybridized carbons (Fsp3) is 0.556. The molecule has 1 saturated carbocycles. The van der Waals surface area contributed by atoms with E-state index in [4.69, 9.17) is 0 Å². The summed E-state index contributed by atoms with van der Waals surface area (Å²) in [4.78, 5) is 8.40. The van der Waals surface area contributed by atoms with Crippen LogP contribution in [0, 0.1) is 0 Å². The zero-order valence-electron chi connectivity index (χ0n) is 7.07. The molecule has 0 N–H and O–H groups in total. The van der Waals surface area contributed by atoms with Crippen molar-refractivity contribution in [2.45, 2.75) is 30.4 Å². The van der Waals surface area contributed by atoms with Crippen LogP contribution in [0.4, 0.5) is 0 Å². The van der Waals surface area contributed by atoms with Crippen molar-refractivity contribution in [3.05, 3.63) is 24.3 Å². The maximum atomic E-state index is 4.48. The second kappa shape index (κ2) is 2.73. The molecular formula is C9H12N2S. The van der Waals surface area contributed by atoms with Crippen LogP contribution < -0.4 is 0 Å². The fourth-order valence-corrected chi connectivity index (χ4v) is 1.97. The quantitative estimate of drug-likeness (QED) is 0.703. The van der Waals surface area contributed by atoms with E-state index < -0.39 is 0 Å². The van der Waals surface area contributed by atoms with Gasteiger partial charge >= 0.3 is 0 Å². The molecule has 0 aromatic carbocycles. The number of nitrogens with zero attached hydrogens (tertiary/aromatic N) is 2. The van der Waals surface area contributed by atoms with Crippen LogP contribution in [0.2, 0.25) is 0 Å². The minimum Gasteiger partial charge on any atom is -0.261 e. The number of thiol groups is 1. The van der Waals surface area contributed by atoms with Crippen molar-refractivity contribution < 1.29 is 0 Å². The maximum absolute atomic E-state index is 4.48. The number of aromatic nitrogens is 2. The summed E-state index contributed by atoms with van der Waals surface area (Å²) in [5.41, 5.74) is 1.34. The maximum Gasteiger partial charge on any atom is 0.0659 e. The Morgan fingerprint density at radius 3 is 2.67 bits per heavy atom. The van der Waals surface area contributed by atoms with Gasteiger partial charge in [0.1, 0.15) is 0 Å². The standard InChI is InChI=1S/C9H12N2S/c1-7(12)9(2-3-9)8-6-10-4-5-11-8/h4-7,12H,2-3H2,1H3. The summed E-state index contributed by atoms with van der Waals surface area (Å²) in [6, 6.07) is 0. The van der Waals surface area contributed by atoms with Gasteiger partial charge in [0.05, 0.1) is 5.69 Å². The molecule has 1 aromatic heterocycles. The Balaban J connectivity index is 2.31. The normalized spacial score (nSPS) is 21.8. The molecule has 3 heteroatoms. The molecule has 1 aliphatic rings. The van der Waals surface area contributed by atoms with Crippen molar-refractivity contribution in [2.24, 2.45) is 0 Å². The van der Waals surface area contributed by atoms with Gasteiger partial charge in [0.15, 0.2) is 0 Å². The molecule has 0 amide bonds. The van der Waals surface area contributed by atoms with Crippen molar-refractivity contribution in [3.8, 4) is 0 Å². The fourth-order valence-electron chi connectivity index (χ4n) is 1.58. The predicted molar refractivity (Wildman–Crippen MR) is 51.4 cm³/mol. The average Bonchev–Trinajstić information content (AvgIpc) is 2.86. The third-order valence-electron chi connectivity index (χ3n) is 2.66. The zero-order valence-corrected chi connectivity index (χ0v) is 7.96. The number of hydrogen-bond donors (Lipinski definition) is 1. The van der Waals surface area contributed by atoms with E-state index in [0.29, 0.717) is 5.25 Å². The molecule has 64 valence electrons. The lowest BCUT2D eigenvalue weighted by Gasteiger charge is -2.16. The Labute approximate surface area is 77.8 Å². The first-order valence-electron chi connectivity index (χ1n) is 4.20. The highest BCUT2D eigenvalue weighted by atomic mass is 32.1. The highest BCUT2D eigenvalue weighted by Gasteiger charge is 2.48. The Hall–Kier alpha value is -0.570. The van der Waals surface area contributed by atoms with E-state index in [1.54, 1.807) is 12.4 Å². The SMILES string of the molecule is CC(S)C1(c2cnccn2)CC1. The van der Waals surface area contributed by atoms with E-state index in [9.17, 15) is 0 Å². The topological polar surface area (TPSA) is 25.8 Å². The molecule has 12 heavy (non-hydrogen) atoms. The molecule has 1 aliphatic carbocycles. The summed E-state index contributed by atoms with van der Waals surface area (Å²) in [6.07, 6.45) is 7.74. The van der Waals surface area contributed by atoms with E-state index in [0.717, 1.165) is 5.69 Å². The van der Waals surface area contributed by atoms with Crippen molar-refractivity contribution in [2.75, 3.05) is 0 Å². The third kappa shape index (κ3) is 1.12. The highest BCUT2D eigenvalue weighted by molar-refractivity contribution is 7.81. The first-order valence-corrected chi connectivity index (χ1v) is 4.72. The van der Waals surface area contributed by atoms with Crippen LogP contribution >= 0.6 is 12.6 Å². The lowest BCUT2D eigenvalue weighted by molar-refractivity contribution is 0.656. The molecule has 0 spiro atoms. The van der Waals surface area contributed by atoms with Crippen LogP contribution in [0.1, 0.15) is 25.5 Å². The largest absolute Gasteiger partial charge is 0.261 e. The lowest BCUT2D eigenvalue weighted by Crippen LogP contribution is -2.19. The summed E-state index contributed by atoms with van der Waals surface area (Å²) in [7, 11) is 0. The van der Waals surface area contributed by atoms with Crippen molar-refractivity contribution >= 4 is 12.6 Å². The van der Waals surface area contributed by atoms with Crippen molar-refractivity contribution in [1.82, 2.24) is 9.97 Å². The van der Waals surface area contributed by atoms with Crippen LogP contribution in [0.3, 0.4) is 0 Å². The van der Waals surface area contributed by atoms with Gasteiger partial charge in [0, 0.05) is 29.3 Å². The van der Waals surface area contributed by atoms with Crippen molar-refractivity contribution in [3.63, 3.8) is 0 Å². The van der Waals surface area contributed by atoms with Gasteiger partial charge in [-0.15, -0.1) is 0 Å². The van der Waals surface area contributed by atoms with Crippen LogP contribution in [-0.2, 0) is 5.41 Å². The van der Waals surface area contributed by atoms with Gasteiger partial charge in [-0.25, -0.2) is 0 Å². The van der Waals surface area contributed by atoms with Crippen LogP contribution in [0.15, 0.2) is 18.6 Å². The van der Waals surface area contributed by atoms with Gasteiger partial charge in [-0.1, -0.05) is 6.92 Å². The van der Waals surface area contributed by atoms with E-state index in [2.05, 4.69) is 29.5 Å². The number of hydrogen-bond acceptors (Lipinski definition) is 3. The third-order valence-corrected chi connectivity index (χ3v) is 3.16. The molecule has 1 heterocycles. The summed E-state index contributed by atoms with van der Waals surface area (Å²) in [5, 5.41) is 0.384. The Bertz CT molecular complexity index is 267. The zero-order chi connectivity index (χ0) is 8.60. The van der Waals surface area contributed by atoms with Gasteiger partial charge in [0.2, 0.25) is 0 Å². The molecular weight excluding hydrogens is 168 g/mol. The van der Waals surface area contributed by atoms with Crippen LogP contribution in [0.25, 0.3) is 0 Å². The van der Waals surface area contributed by atoms with Gasteiger partial charge in [-0.3, -0.25) is 9.97 Å². The van der Waals surface area contributed by atoms with Crippen LogP contribution in [-0.4, -0.2) is 15.2 Å². The van der Waals surface area contributed by atoms with Gasteiger partial charge in [-0.05, 0) is 12.8 Å². The Kier molecular flexibility index (Phi) is 1.83. The molecule has 2 nitrogen and oxygen atoms in total. The first-order chi connectivity index (χ1) is 5.76. The van der Waals surface area contributed by atoms with Crippen LogP contribution in [0.5, 0.6) is 0 Å². The van der Waals surface area contributed by atoms with E-state index in [1.807, 2.05) is 6.20 Å². The minimum atomic E-state index is 0.234. The first kappa shape index (κ1) is 8.05. The predicted octanol–water partition coefficient (Wildman–Crippen LogP) is 1.83. The molecule has 1 fully saturated rings. The van der Waals surface area contributed by atoms with Gasteiger partial charge in [-0.2, -0.15) is 12.6 Å². The molecule has 1 aromatic rings. The molecule has 2 rings (SSSR count). The smallest absolute Gasteiger partial charge is 0.0659 e. The summed E-state index contributed by atoms with van der Waals surface area (Å²) < 4.78 is 0. The van der Waals surface area contributed by atoms with Gasteiger partial charge in [0.25, 0.3) is 0 Å². The summed E-state index contributed by atoms with van der Waals surface area (Å²) in [6.45, 7) is 2.13. The summed E-state index contributed by atoms with van der Waals surface area (Å²) in [5.74, 6) is 0. The molecule has 0 saturated heterocycles. The second-order valence-corrected chi connectivity index (χ2v) is 4.20.